The van der Waals surface area contributed by atoms with Crippen LogP contribution in [0.4, 0.5) is 0 Å². The molecule has 0 N–H and O–H groups in total. The van der Waals surface area contributed by atoms with E-state index in [2.05, 4.69) is 18.2 Å². The van der Waals surface area contributed by atoms with Gasteiger partial charge in [0.15, 0.2) is 5.78 Å². The maximum Gasteiger partial charge on any atom is 0.168 e. The van der Waals surface area contributed by atoms with Crippen LogP contribution in [0.1, 0.15) is 33.5 Å². The minimum atomic E-state index is 0.216. The van der Waals surface area contributed by atoms with Gasteiger partial charge in [-0.25, -0.2) is 0 Å². The lowest BCUT2D eigenvalue weighted by molar-refractivity contribution is 0.0990. The summed E-state index contributed by atoms with van der Waals surface area (Å²) in [4.78, 5) is 13.5. The number of thioether (sulfide) groups is 1. The van der Waals surface area contributed by atoms with Crippen LogP contribution in [-0.2, 0) is 19.3 Å². The molecule has 1 nitrogen and oxygen atoms in total. The molecule has 0 aliphatic heterocycles. The number of aryl methyl sites for hydroxylation is 2. The molecule has 0 amide bonds. The average Bonchev–Trinajstić information content (AvgIpc) is 2.94. The molecule has 0 atom stereocenters. The first-order valence-corrected chi connectivity index (χ1v) is 8.27. The van der Waals surface area contributed by atoms with Crippen LogP contribution in [0.2, 0.25) is 0 Å². The first-order chi connectivity index (χ1) is 9.78. The van der Waals surface area contributed by atoms with Gasteiger partial charge >= 0.3 is 0 Å². The first kappa shape index (κ1) is 13.4. The lowest BCUT2D eigenvalue weighted by atomic mass is 9.99. The van der Waals surface area contributed by atoms with Gasteiger partial charge in [-0.2, -0.15) is 0 Å². The van der Waals surface area contributed by atoms with E-state index >= 15 is 0 Å². The molecule has 102 valence electrons. The molecule has 0 heterocycles. The molecule has 0 aromatic heterocycles. The maximum absolute atomic E-state index is 12.5. The summed E-state index contributed by atoms with van der Waals surface area (Å²) >= 11 is 1.63. The normalized spacial score (nSPS) is 13.2. The summed E-state index contributed by atoms with van der Waals surface area (Å²) in [7, 11) is 0. The Labute approximate surface area is 124 Å². The number of rotatable bonds is 4. The highest BCUT2D eigenvalue weighted by Gasteiger charge is 2.14. The molecule has 0 saturated carbocycles. The van der Waals surface area contributed by atoms with Gasteiger partial charge in [0.05, 0.1) is 0 Å². The second-order valence-corrected chi connectivity index (χ2v) is 6.10. The maximum atomic E-state index is 12.5. The predicted molar refractivity (Wildman–Crippen MR) is 84.7 cm³/mol. The molecule has 1 aliphatic carbocycles. The minimum Gasteiger partial charge on any atom is -0.294 e. The summed E-state index contributed by atoms with van der Waals surface area (Å²) in [5.41, 5.74) is 4.89. The van der Waals surface area contributed by atoms with Gasteiger partial charge in [-0.1, -0.05) is 36.4 Å². The molecule has 0 fully saturated rings. The second-order valence-electron chi connectivity index (χ2n) is 5.26. The second kappa shape index (κ2) is 5.84. The molecule has 0 bridgehead atoms. The van der Waals surface area contributed by atoms with Crippen molar-refractivity contribution in [2.75, 3.05) is 6.26 Å². The van der Waals surface area contributed by atoms with E-state index in [1.807, 2.05) is 30.5 Å². The smallest absolute Gasteiger partial charge is 0.168 e. The van der Waals surface area contributed by atoms with E-state index in [9.17, 15) is 4.79 Å². The molecule has 0 spiro atoms. The van der Waals surface area contributed by atoms with Gasteiger partial charge < -0.3 is 0 Å². The van der Waals surface area contributed by atoms with Crippen LogP contribution >= 0.6 is 11.8 Å². The zero-order valence-electron chi connectivity index (χ0n) is 11.7. The fraction of sp³-hybridized carbons (Fsp3) is 0.278. The van der Waals surface area contributed by atoms with Crippen molar-refractivity contribution in [3.05, 3.63) is 64.7 Å². The molecular formula is C18H18OS. The number of ketones is 1. The number of carbonyl (C=O) groups excluding carboxylic acids is 1. The monoisotopic (exact) mass is 282 g/mol. The van der Waals surface area contributed by atoms with E-state index in [0.717, 1.165) is 16.0 Å². The van der Waals surface area contributed by atoms with E-state index in [1.165, 1.54) is 30.4 Å². The Balaban J connectivity index is 1.82. The topological polar surface area (TPSA) is 17.1 Å². The number of fused-ring (bicyclic) bond motifs is 1. The fourth-order valence-corrected chi connectivity index (χ4v) is 3.51. The van der Waals surface area contributed by atoms with Crippen LogP contribution in [0, 0.1) is 0 Å². The highest BCUT2D eigenvalue weighted by Crippen LogP contribution is 2.25. The summed E-state index contributed by atoms with van der Waals surface area (Å²) in [5.74, 6) is 0.216. The third kappa shape index (κ3) is 2.66. The Bertz CT molecular complexity index is 646. The average molecular weight is 282 g/mol. The number of hydrogen-bond acceptors (Lipinski definition) is 2. The zero-order chi connectivity index (χ0) is 13.9. The van der Waals surface area contributed by atoms with Gasteiger partial charge in [0.1, 0.15) is 0 Å². The Morgan fingerprint density at radius 1 is 1.10 bits per heavy atom. The van der Waals surface area contributed by atoms with Crippen molar-refractivity contribution >= 4 is 17.5 Å². The van der Waals surface area contributed by atoms with Crippen molar-refractivity contribution in [1.82, 2.24) is 0 Å². The van der Waals surface area contributed by atoms with Gasteiger partial charge in [-0.3, -0.25) is 4.79 Å². The SMILES string of the molecule is CSc1ccccc1C(=O)Cc1ccc2c(c1)CCC2. The fourth-order valence-electron chi connectivity index (χ4n) is 2.89. The lowest BCUT2D eigenvalue weighted by Gasteiger charge is -2.07. The van der Waals surface area contributed by atoms with Crippen molar-refractivity contribution in [3.63, 3.8) is 0 Å². The molecule has 2 aromatic carbocycles. The molecule has 20 heavy (non-hydrogen) atoms. The van der Waals surface area contributed by atoms with E-state index in [0.29, 0.717) is 6.42 Å². The quantitative estimate of drug-likeness (QED) is 0.613. The predicted octanol–water partition coefficient (Wildman–Crippen LogP) is 4.32. The highest BCUT2D eigenvalue weighted by molar-refractivity contribution is 7.98. The third-order valence-corrected chi connectivity index (χ3v) is 4.73. The van der Waals surface area contributed by atoms with Crippen LogP contribution in [-0.4, -0.2) is 12.0 Å². The molecule has 1 aliphatic rings. The van der Waals surface area contributed by atoms with E-state index in [1.54, 1.807) is 11.8 Å². The first-order valence-electron chi connectivity index (χ1n) is 7.05. The standard InChI is InChI=1S/C18H18OS/c1-20-18-8-3-2-7-16(18)17(19)12-13-9-10-14-5-4-6-15(14)11-13/h2-3,7-11H,4-6,12H2,1H3. The largest absolute Gasteiger partial charge is 0.294 e. The Kier molecular flexibility index (Phi) is 3.93. The lowest BCUT2D eigenvalue weighted by Crippen LogP contribution is -2.05. The van der Waals surface area contributed by atoms with Gasteiger partial charge in [0.25, 0.3) is 0 Å². The molecule has 0 radical (unpaired) electrons. The van der Waals surface area contributed by atoms with Gasteiger partial charge in [0, 0.05) is 16.9 Å². The van der Waals surface area contributed by atoms with Crippen molar-refractivity contribution in [3.8, 4) is 0 Å². The Morgan fingerprint density at radius 3 is 2.75 bits per heavy atom. The van der Waals surface area contributed by atoms with E-state index < -0.39 is 0 Å². The van der Waals surface area contributed by atoms with Crippen LogP contribution in [0.5, 0.6) is 0 Å². The highest BCUT2D eigenvalue weighted by atomic mass is 32.2. The van der Waals surface area contributed by atoms with Crippen LogP contribution < -0.4 is 0 Å². The number of benzene rings is 2. The summed E-state index contributed by atoms with van der Waals surface area (Å²) in [6, 6.07) is 14.4. The third-order valence-electron chi connectivity index (χ3n) is 3.93. The summed E-state index contributed by atoms with van der Waals surface area (Å²) in [6.07, 6.45) is 6.13. The molecule has 0 saturated heterocycles. The number of carbonyl (C=O) groups is 1. The van der Waals surface area contributed by atoms with Gasteiger partial charge in [-0.05, 0) is 48.3 Å². The summed E-state index contributed by atoms with van der Waals surface area (Å²) in [6.45, 7) is 0. The number of Topliss-reactive ketones (excluding diaryl/α,β-unsaturated/α-hetero) is 1. The van der Waals surface area contributed by atoms with Crippen molar-refractivity contribution in [2.24, 2.45) is 0 Å². The van der Waals surface area contributed by atoms with Crippen LogP contribution in [0.25, 0.3) is 0 Å². The van der Waals surface area contributed by atoms with Crippen LogP contribution in [0.15, 0.2) is 47.4 Å². The molecule has 2 aromatic rings. The van der Waals surface area contributed by atoms with Gasteiger partial charge in [-0.15, -0.1) is 11.8 Å². The zero-order valence-corrected chi connectivity index (χ0v) is 12.5. The van der Waals surface area contributed by atoms with E-state index in [4.69, 9.17) is 0 Å². The molecule has 0 unspecified atom stereocenters. The molecule has 2 heteroatoms. The Hall–Kier alpha value is -1.54. The van der Waals surface area contributed by atoms with Crippen molar-refractivity contribution in [2.45, 2.75) is 30.6 Å². The van der Waals surface area contributed by atoms with Crippen molar-refractivity contribution in [1.29, 1.82) is 0 Å². The number of hydrogen-bond donors (Lipinski definition) is 0. The van der Waals surface area contributed by atoms with Gasteiger partial charge in [0.2, 0.25) is 0 Å². The van der Waals surface area contributed by atoms with Crippen LogP contribution in [0.3, 0.4) is 0 Å². The Morgan fingerprint density at radius 2 is 1.90 bits per heavy atom. The minimum absolute atomic E-state index is 0.216. The molecule has 3 rings (SSSR count). The molecular weight excluding hydrogens is 264 g/mol. The van der Waals surface area contributed by atoms with E-state index in [-0.39, 0.29) is 5.78 Å². The van der Waals surface area contributed by atoms with Crippen molar-refractivity contribution < 1.29 is 4.79 Å². The summed E-state index contributed by atoms with van der Waals surface area (Å²) < 4.78 is 0. The summed E-state index contributed by atoms with van der Waals surface area (Å²) in [5, 5.41) is 0.